The third-order valence-corrected chi connectivity index (χ3v) is 6.61. The maximum atomic E-state index is 12.0. The number of benzene rings is 2. The molecule has 1 aliphatic heterocycles. The SMILES string of the molecule is CN=C(NCc1ccccc1CN1CCCC1=O)NCC1(c2ccccc2)CCC1. The molecule has 2 aromatic rings. The van der Waals surface area contributed by atoms with Crippen molar-refractivity contribution in [1.82, 2.24) is 15.5 Å². The van der Waals surface area contributed by atoms with E-state index in [9.17, 15) is 4.79 Å². The highest BCUT2D eigenvalue weighted by molar-refractivity contribution is 5.80. The molecule has 0 aromatic heterocycles. The van der Waals surface area contributed by atoms with Gasteiger partial charge in [0.2, 0.25) is 5.91 Å². The molecule has 0 atom stereocenters. The fourth-order valence-corrected chi connectivity index (χ4v) is 4.58. The fourth-order valence-electron chi connectivity index (χ4n) is 4.58. The van der Waals surface area contributed by atoms with E-state index in [2.05, 4.69) is 64.2 Å². The molecule has 0 spiro atoms. The summed E-state index contributed by atoms with van der Waals surface area (Å²) in [6, 6.07) is 19.2. The van der Waals surface area contributed by atoms with Crippen molar-refractivity contribution in [3.63, 3.8) is 0 Å². The van der Waals surface area contributed by atoms with E-state index in [4.69, 9.17) is 0 Å². The van der Waals surface area contributed by atoms with Crippen LogP contribution in [0, 0.1) is 0 Å². The summed E-state index contributed by atoms with van der Waals surface area (Å²) >= 11 is 0. The zero-order valence-corrected chi connectivity index (χ0v) is 17.9. The number of amides is 1. The molecule has 2 aliphatic rings. The monoisotopic (exact) mass is 404 g/mol. The Kier molecular flexibility index (Phi) is 6.36. The lowest BCUT2D eigenvalue weighted by molar-refractivity contribution is -0.128. The number of nitrogens with one attached hydrogen (secondary N) is 2. The molecule has 5 heteroatoms. The summed E-state index contributed by atoms with van der Waals surface area (Å²) in [4.78, 5) is 18.4. The molecular formula is C25H32N4O. The predicted molar refractivity (Wildman–Crippen MR) is 121 cm³/mol. The number of aliphatic imine (C=N–C) groups is 1. The van der Waals surface area contributed by atoms with Crippen LogP contribution in [0.2, 0.25) is 0 Å². The van der Waals surface area contributed by atoms with E-state index in [0.29, 0.717) is 19.5 Å². The number of carbonyl (C=O) groups is 1. The van der Waals surface area contributed by atoms with Crippen molar-refractivity contribution in [2.24, 2.45) is 4.99 Å². The van der Waals surface area contributed by atoms with Gasteiger partial charge < -0.3 is 15.5 Å². The molecule has 0 radical (unpaired) electrons. The highest BCUT2D eigenvalue weighted by Crippen LogP contribution is 2.43. The minimum atomic E-state index is 0.215. The summed E-state index contributed by atoms with van der Waals surface area (Å²) < 4.78 is 0. The number of guanidine groups is 1. The van der Waals surface area contributed by atoms with E-state index in [1.807, 2.05) is 18.0 Å². The first-order chi connectivity index (χ1) is 14.7. The molecule has 1 saturated carbocycles. The molecule has 1 aliphatic carbocycles. The predicted octanol–water partition coefficient (Wildman–Crippen LogP) is 3.60. The van der Waals surface area contributed by atoms with Crippen LogP contribution in [-0.2, 0) is 23.3 Å². The number of nitrogens with zero attached hydrogens (tertiary/aromatic N) is 2. The zero-order valence-electron chi connectivity index (χ0n) is 17.9. The molecular weight excluding hydrogens is 372 g/mol. The molecule has 5 nitrogen and oxygen atoms in total. The van der Waals surface area contributed by atoms with Gasteiger partial charge in [0.05, 0.1) is 0 Å². The Labute approximate surface area is 179 Å². The second-order valence-electron chi connectivity index (χ2n) is 8.47. The average Bonchev–Trinajstić information content (AvgIpc) is 3.15. The number of hydrogen-bond donors (Lipinski definition) is 2. The lowest BCUT2D eigenvalue weighted by atomic mass is 9.64. The van der Waals surface area contributed by atoms with Gasteiger partial charge in [0.15, 0.2) is 5.96 Å². The van der Waals surface area contributed by atoms with Crippen molar-refractivity contribution >= 4 is 11.9 Å². The molecule has 1 amide bonds. The molecule has 30 heavy (non-hydrogen) atoms. The standard InChI is InChI=1S/C25H32N4O/c1-26-24(28-19-25(14-8-15-25)22-11-3-2-4-12-22)27-17-20-9-5-6-10-21(20)18-29-16-7-13-23(29)30/h2-6,9-12H,7-8,13-19H2,1H3,(H2,26,27,28). The van der Waals surface area contributed by atoms with Gasteiger partial charge in [-0.15, -0.1) is 0 Å². The largest absolute Gasteiger partial charge is 0.356 e. The number of carbonyl (C=O) groups excluding carboxylic acids is 1. The van der Waals surface area contributed by atoms with Gasteiger partial charge in [-0.1, -0.05) is 61.0 Å². The summed E-state index contributed by atoms with van der Waals surface area (Å²) in [5, 5.41) is 7.02. The molecule has 0 unspecified atom stereocenters. The molecule has 4 rings (SSSR count). The van der Waals surface area contributed by atoms with Crippen molar-refractivity contribution in [2.75, 3.05) is 20.1 Å². The smallest absolute Gasteiger partial charge is 0.222 e. The highest BCUT2D eigenvalue weighted by Gasteiger charge is 2.38. The third kappa shape index (κ3) is 4.50. The summed E-state index contributed by atoms with van der Waals surface area (Å²) in [5.74, 6) is 1.09. The van der Waals surface area contributed by atoms with Gasteiger partial charge in [-0.25, -0.2) is 0 Å². The van der Waals surface area contributed by atoms with Gasteiger partial charge in [0.1, 0.15) is 0 Å². The van der Waals surface area contributed by atoms with Crippen LogP contribution in [0.3, 0.4) is 0 Å². The van der Waals surface area contributed by atoms with Crippen LogP contribution in [0.1, 0.15) is 48.8 Å². The van der Waals surface area contributed by atoms with E-state index in [1.165, 1.54) is 36.0 Å². The maximum Gasteiger partial charge on any atom is 0.222 e. The molecule has 1 heterocycles. The third-order valence-electron chi connectivity index (χ3n) is 6.61. The Morgan fingerprint density at radius 2 is 1.73 bits per heavy atom. The van der Waals surface area contributed by atoms with E-state index >= 15 is 0 Å². The first-order valence-corrected chi connectivity index (χ1v) is 11.0. The first kappa shape index (κ1) is 20.5. The first-order valence-electron chi connectivity index (χ1n) is 11.0. The lowest BCUT2D eigenvalue weighted by Gasteiger charge is -2.43. The quantitative estimate of drug-likeness (QED) is 0.548. The Bertz CT molecular complexity index is 889. The van der Waals surface area contributed by atoms with Gasteiger partial charge >= 0.3 is 0 Å². The Morgan fingerprint density at radius 1 is 1.00 bits per heavy atom. The van der Waals surface area contributed by atoms with Crippen LogP contribution >= 0.6 is 0 Å². The molecule has 2 N–H and O–H groups in total. The van der Waals surface area contributed by atoms with Crippen molar-refractivity contribution in [1.29, 1.82) is 0 Å². The lowest BCUT2D eigenvalue weighted by Crippen LogP contribution is -2.48. The van der Waals surface area contributed by atoms with Crippen LogP contribution in [-0.4, -0.2) is 36.9 Å². The van der Waals surface area contributed by atoms with Crippen LogP contribution in [0.25, 0.3) is 0 Å². The van der Waals surface area contributed by atoms with E-state index in [-0.39, 0.29) is 11.3 Å². The summed E-state index contributed by atoms with van der Waals surface area (Å²) in [6.07, 6.45) is 5.37. The van der Waals surface area contributed by atoms with Gasteiger partial charge in [-0.3, -0.25) is 9.79 Å². The summed E-state index contributed by atoms with van der Waals surface area (Å²) in [7, 11) is 1.82. The zero-order chi connectivity index (χ0) is 20.8. The topological polar surface area (TPSA) is 56.7 Å². The Balaban J connectivity index is 1.36. The van der Waals surface area contributed by atoms with Crippen LogP contribution < -0.4 is 10.6 Å². The van der Waals surface area contributed by atoms with Crippen LogP contribution in [0.15, 0.2) is 59.6 Å². The van der Waals surface area contributed by atoms with Crippen molar-refractivity contribution in [3.8, 4) is 0 Å². The minimum Gasteiger partial charge on any atom is -0.356 e. The molecule has 0 bridgehead atoms. The maximum absolute atomic E-state index is 12.0. The number of likely N-dealkylation sites (tertiary alicyclic amines) is 1. The van der Waals surface area contributed by atoms with Gasteiger partial charge in [-0.2, -0.15) is 0 Å². The molecule has 2 aromatic carbocycles. The summed E-state index contributed by atoms with van der Waals surface area (Å²) in [5.41, 5.74) is 4.05. The average molecular weight is 405 g/mol. The van der Waals surface area contributed by atoms with E-state index in [1.54, 1.807) is 0 Å². The Hall–Kier alpha value is -2.82. The fraction of sp³-hybridized carbons (Fsp3) is 0.440. The second-order valence-corrected chi connectivity index (χ2v) is 8.47. The second kappa shape index (κ2) is 9.33. The molecule has 1 saturated heterocycles. The Morgan fingerprint density at radius 3 is 2.37 bits per heavy atom. The summed E-state index contributed by atoms with van der Waals surface area (Å²) in [6.45, 7) is 3.14. The van der Waals surface area contributed by atoms with Crippen molar-refractivity contribution in [3.05, 3.63) is 71.3 Å². The van der Waals surface area contributed by atoms with Crippen molar-refractivity contribution in [2.45, 2.75) is 50.6 Å². The van der Waals surface area contributed by atoms with Gasteiger partial charge in [0, 0.05) is 45.1 Å². The van der Waals surface area contributed by atoms with Gasteiger partial charge in [0.25, 0.3) is 0 Å². The van der Waals surface area contributed by atoms with E-state index in [0.717, 1.165) is 25.5 Å². The van der Waals surface area contributed by atoms with Crippen LogP contribution in [0.4, 0.5) is 0 Å². The molecule has 2 fully saturated rings. The van der Waals surface area contributed by atoms with E-state index < -0.39 is 0 Å². The number of hydrogen-bond acceptors (Lipinski definition) is 2. The minimum absolute atomic E-state index is 0.215. The van der Waals surface area contributed by atoms with Crippen molar-refractivity contribution < 1.29 is 4.79 Å². The van der Waals surface area contributed by atoms with Gasteiger partial charge in [-0.05, 0) is 36.0 Å². The normalized spacial score (nSPS) is 18.2. The number of rotatable bonds is 7. The highest BCUT2D eigenvalue weighted by atomic mass is 16.2. The molecule has 158 valence electrons. The van der Waals surface area contributed by atoms with Crippen LogP contribution in [0.5, 0.6) is 0 Å².